The lowest BCUT2D eigenvalue weighted by Gasteiger charge is -2.21. The minimum atomic E-state index is -1.28. The molecule has 6 heteroatoms. The Morgan fingerprint density at radius 1 is 1.38 bits per heavy atom. The highest BCUT2D eigenvalue weighted by Gasteiger charge is 2.27. The van der Waals surface area contributed by atoms with Crippen LogP contribution < -0.4 is 10.6 Å². The van der Waals surface area contributed by atoms with E-state index in [4.69, 9.17) is 9.15 Å². The lowest BCUT2D eigenvalue weighted by molar-refractivity contribution is 0.0364. The van der Waals surface area contributed by atoms with Gasteiger partial charge in [0.15, 0.2) is 0 Å². The molecule has 6 nitrogen and oxygen atoms in total. The summed E-state index contributed by atoms with van der Waals surface area (Å²) in [5, 5.41) is 15.8. The van der Waals surface area contributed by atoms with E-state index in [1.807, 2.05) is 25.1 Å². The fourth-order valence-electron chi connectivity index (χ4n) is 2.24. The molecule has 0 saturated carbocycles. The molecular weight excluding hydrogens is 308 g/mol. The molecule has 0 spiro atoms. The number of methoxy groups -OCH3 is 1. The molecule has 3 N–H and O–H groups in total. The Morgan fingerprint density at radius 3 is 2.75 bits per heavy atom. The maximum atomic E-state index is 12.1. The Balaban J connectivity index is 1.94. The van der Waals surface area contributed by atoms with Crippen LogP contribution in [-0.4, -0.2) is 24.8 Å². The summed E-state index contributed by atoms with van der Waals surface area (Å²) in [7, 11) is 1.63. The summed E-state index contributed by atoms with van der Waals surface area (Å²) in [6.45, 7) is 5.35. The van der Waals surface area contributed by atoms with Gasteiger partial charge >= 0.3 is 6.03 Å². The van der Waals surface area contributed by atoms with E-state index in [0.717, 1.165) is 5.56 Å². The Morgan fingerprint density at radius 2 is 2.12 bits per heavy atom. The first-order valence-electron chi connectivity index (χ1n) is 7.79. The van der Waals surface area contributed by atoms with E-state index in [1.54, 1.807) is 39.2 Å². The van der Waals surface area contributed by atoms with E-state index in [-0.39, 0.29) is 12.6 Å². The van der Waals surface area contributed by atoms with Gasteiger partial charge < -0.3 is 24.9 Å². The molecule has 2 amide bonds. The minimum absolute atomic E-state index is 0.0277. The zero-order valence-corrected chi connectivity index (χ0v) is 14.4. The standard InChI is InChI=1S/C18H24N2O4/c1-12-8-9-16(24-12)18(3,22)11-19-17(21)20-15-7-5-6-14(10-15)13(2)23-4/h5-10,13,22H,11H2,1-4H3,(H2,19,20,21)/t13-,18-/m1/s1. The predicted octanol–water partition coefficient (Wildman–Crippen LogP) is 3.32. The highest BCUT2D eigenvalue weighted by atomic mass is 16.5. The molecule has 0 bridgehead atoms. The maximum Gasteiger partial charge on any atom is 0.319 e. The third-order valence-corrected chi connectivity index (χ3v) is 3.83. The van der Waals surface area contributed by atoms with Crippen molar-refractivity contribution in [2.24, 2.45) is 0 Å². The summed E-state index contributed by atoms with van der Waals surface area (Å²) in [6.07, 6.45) is -0.0577. The molecule has 0 aliphatic carbocycles. The number of aryl methyl sites for hydroxylation is 1. The van der Waals surface area contributed by atoms with Crippen molar-refractivity contribution in [2.75, 3.05) is 19.0 Å². The number of furan rings is 1. The molecule has 0 fully saturated rings. The number of aliphatic hydroxyl groups is 1. The van der Waals surface area contributed by atoms with Crippen LogP contribution in [0.2, 0.25) is 0 Å². The number of nitrogens with one attached hydrogen (secondary N) is 2. The number of rotatable bonds is 6. The smallest absolute Gasteiger partial charge is 0.319 e. The second kappa shape index (κ2) is 7.51. The van der Waals surface area contributed by atoms with Crippen molar-refractivity contribution in [3.05, 3.63) is 53.5 Å². The normalized spacial score (nSPS) is 14.7. The topological polar surface area (TPSA) is 83.7 Å². The monoisotopic (exact) mass is 332 g/mol. The molecule has 1 aromatic heterocycles. The fourth-order valence-corrected chi connectivity index (χ4v) is 2.24. The number of anilines is 1. The third-order valence-electron chi connectivity index (χ3n) is 3.83. The lowest BCUT2D eigenvalue weighted by Crippen LogP contribution is -2.40. The molecule has 24 heavy (non-hydrogen) atoms. The van der Waals surface area contributed by atoms with E-state index >= 15 is 0 Å². The molecule has 1 heterocycles. The maximum absolute atomic E-state index is 12.1. The minimum Gasteiger partial charge on any atom is -0.463 e. The highest BCUT2D eigenvalue weighted by molar-refractivity contribution is 5.89. The van der Waals surface area contributed by atoms with Crippen molar-refractivity contribution in [2.45, 2.75) is 32.5 Å². The number of urea groups is 1. The van der Waals surface area contributed by atoms with Gasteiger partial charge in [0.1, 0.15) is 17.1 Å². The van der Waals surface area contributed by atoms with Gasteiger partial charge in [-0.25, -0.2) is 4.79 Å². The molecule has 0 saturated heterocycles. The summed E-state index contributed by atoms with van der Waals surface area (Å²) >= 11 is 0. The summed E-state index contributed by atoms with van der Waals surface area (Å²) in [5.74, 6) is 1.12. The lowest BCUT2D eigenvalue weighted by atomic mass is 10.0. The van der Waals surface area contributed by atoms with E-state index in [9.17, 15) is 9.90 Å². The molecule has 0 aliphatic rings. The Bertz CT molecular complexity index is 694. The van der Waals surface area contributed by atoms with Crippen LogP contribution in [-0.2, 0) is 10.3 Å². The Kier molecular flexibility index (Phi) is 5.64. The number of amides is 2. The van der Waals surface area contributed by atoms with Crippen LogP contribution >= 0.6 is 0 Å². The Hall–Kier alpha value is -2.31. The van der Waals surface area contributed by atoms with Crippen molar-refractivity contribution in [1.82, 2.24) is 5.32 Å². The molecule has 2 atom stereocenters. The number of carbonyl (C=O) groups excluding carboxylic acids is 1. The van der Waals surface area contributed by atoms with E-state index in [2.05, 4.69) is 10.6 Å². The van der Waals surface area contributed by atoms with Crippen LogP contribution in [0.4, 0.5) is 10.5 Å². The molecule has 0 unspecified atom stereocenters. The van der Waals surface area contributed by atoms with Gasteiger partial charge in [-0.05, 0) is 50.6 Å². The SMILES string of the molecule is CO[C@H](C)c1cccc(NC(=O)NC[C@@](C)(O)c2ccc(C)o2)c1. The first kappa shape index (κ1) is 18.0. The third kappa shape index (κ3) is 4.59. The van der Waals surface area contributed by atoms with Gasteiger partial charge in [-0.2, -0.15) is 0 Å². The zero-order chi connectivity index (χ0) is 17.7. The molecular formula is C18H24N2O4. The van der Waals surface area contributed by atoms with Gasteiger partial charge in [0, 0.05) is 12.8 Å². The summed E-state index contributed by atoms with van der Waals surface area (Å²) < 4.78 is 10.7. The second-order valence-electron chi connectivity index (χ2n) is 6.00. The molecule has 2 rings (SSSR count). The first-order valence-corrected chi connectivity index (χ1v) is 7.79. The van der Waals surface area contributed by atoms with Gasteiger partial charge in [0.2, 0.25) is 0 Å². The van der Waals surface area contributed by atoms with Crippen LogP contribution in [0.5, 0.6) is 0 Å². The van der Waals surface area contributed by atoms with E-state index < -0.39 is 11.6 Å². The average molecular weight is 332 g/mol. The number of carbonyl (C=O) groups is 1. The highest BCUT2D eigenvalue weighted by Crippen LogP contribution is 2.22. The van der Waals surface area contributed by atoms with Gasteiger partial charge in [0.05, 0.1) is 12.6 Å². The van der Waals surface area contributed by atoms with Gasteiger partial charge in [-0.3, -0.25) is 0 Å². The van der Waals surface area contributed by atoms with E-state index in [1.165, 1.54) is 0 Å². The average Bonchev–Trinajstić information content (AvgIpc) is 3.00. The largest absolute Gasteiger partial charge is 0.463 e. The number of ether oxygens (including phenoxy) is 1. The van der Waals surface area contributed by atoms with Crippen LogP contribution in [0.15, 0.2) is 40.8 Å². The van der Waals surface area contributed by atoms with Crippen LogP contribution in [0.25, 0.3) is 0 Å². The molecule has 1 aromatic carbocycles. The van der Waals surface area contributed by atoms with Crippen LogP contribution in [0.1, 0.15) is 37.0 Å². The first-order chi connectivity index (χ1) is 11.3. The summed E-state index contributed by atoms with van der Waals surface area (Å²) in [5.41, 5.74) is 0.341. The molecule has 130 valence electrons. The van der Waals surface area contributed by atoms with Crippen LogP contribution in [0, 0.1) is 6.92 Å². The summed E-state index contributed by atoms with van der Waals surface area (Å²) in [6, 6.07) is 10.5. The Labute approximate surface area is 141 Å². The number of benzene rings is 1. The molecule has 2 aromatic rings. The van der Waals surface area contributed by atoms with Gasteiger partial charge in [-0.15, -0.1) is 0 Å². The quantitative estimate of drug-likeness (QED) is 0.757. The van der Waals surface area contributed by atoms with Gasteiger partial charge in [0.25, 0.3) is 0 Å². The molecule has 0 radical (unpaired) electrons. The predicted molar refractivity (Wildman–Crippen MR) is 91.9 cm³/mol. The summed E-state index contributed by atoms with van der Waals surface area (Å²) in [4.78, 5) is 12.1. The van der Waals surface area contributed by atoms with E-state index in [0.29, 0.717) is 17.2 Å². The van der Waals surface area contributed by atoms with Crippen molar-refractivity contribution in [1.29, 1.82) is 0 Å². The van der Waals surface area contributed by atoms with Crippen molar-refractivity contribution in [3.63, 3.8) is 0 Å². The zero-order valence-electron chi connectivity index (χ0n) is 14.4. The van der Waals surface area contributed by atoms with Gasteiger partial charge in [-0.1, -0.05) is 12.1 Å². The van der Waals surface area contributed by atoms with Crippen molar-refractivity contribution < 1.29 is 19.1 Å². The number of hydrogen-bond donors (Lipinski definition) is 3. The van der Waals surface area contributed by atoms with Crippen LogP contribution in [0.3, 0.4) is 0 Å². The fraction of sp³-hybridized carbons (Fsp3) is 0.389. The van der Waals surface area contributed by atoms with Crippen molar-refractivity contribution in [3.8, 4) is 0 Å². The second-order valence-corrected chi connectivity index (χ2v) is 6.00. The van der Waals surface area contributed by atoms with Crippen molar-refractivity contribution >= 4 is 11.7 Å². The molecule has 0 aliphatic heterocycles. The number of hydrogen-bond acceptors (Lipinski definition) is 4.